The zero-order valence-electron chi connectivity index (χ0n) is 35.8. The van der Waals surface area contributed by atoms with Crippen molar-refractivity contribution in [2.45, 2.75) is 38.0 Å². The van der Waals surface area contributed by atoms with Crippen molar-refractivity contribution < 1.29 is 4.42 Å². The maximum atomic E-state index is 6.53. The summed E-state index contributed by atoms with van der Waals surface area (Å²) in [6.07, 6.45) is 6.39. The predicted octanol–water partition coefficient (Wildman–Crippen LogP) is 18.1. The molecule has 0 atom stereocenters. The van der Waals surface area contributed by atoms with Crippen LogP contribution >= 0.6 is 0 Å². The summed E-state index contributed by atoms with van der Waals surface area (Å²) in [6.45, 7) is 0. The van der Waals surface area contributed by atoms with E-state index in [0.29, 0.717) is 5.92 Å². The van der Waals surface area contributed by atoms with Gasteiger partial charge in [-0.15, -0.1) is 0 Å². The molecule has 2 nitrogen and oxygen atoms in total. The summed E-state index contributed by atoms with van der Waals surface area (Å²) in [5.74, 6) is 0.551. The second-order valence-corrected chi connectivity index (χ2v) is 17.4. The van der Waals surface area contributed by atoms with Gasteiger partial charge in [-0.25, -0.2) is 0 Å². The van der Waals surface area contributed by atoms with Crippen molar-refractivity contribution in [1.82, 2.24) is 0 Å². The van der Waals surface area contributed by atoms with E-state index in [-0.39, 0.29) is 0 Å². The molecule has 0 radical (unpaired) electrons. The minimum absolute atomic E-state index is 0.551. The smallest absolute Gasteiger partial charge is 0.136 e. The molecule has 64 heavy (non-hydrogen) atoms. The minimum atomic E-state index is 0.551. The van der Waals surface area contributed by atoms with Crippen LogP contribution in [-0.2, 0) is 0 Å². The van der Waals surface area contributed by atoms with Crippen molar-refractivity contribution in [2.24, 2.45) is 0 Å². The first-order valence-electron chi connectivity index (χ1n) is 22.9. The molecule has 306 valence electrons. The van der Waals surface area contributed by atoms with Gasteiger partial charge in [0.2, 0.25) is 0 Å². The largest absolute Gasteiger partial charge is 0.456 e. The summed E-state index contributed by atoms with van der Waals surface area (Å²) in [4.78, 5) is 2.56. The third-order valence-corrected chi connectivity index (χ3v) is 13.7. The molecule has 1 saturated carbocycles. The number of hydrogen-bond donors (Lipinski definition) is 0. The highest BCUT2D eigenvalue weighted by atomic mass is 16.3. The lowest BCUT2D eigenvalue weighted by molar-refractivity contribution is 0.445. The summed E-state index contributed by atoms with van der Waals surface area (Å²) >= 11 is 0. The van der Waals surface area contributed by atoms with Gasteiger partial charge < -0.3 is 9.32 Å². The van der Waals surface area contributed by atoms with Crippen LogP contribution in [0.3, 0.4) is 0 Å². The van der Waals surface area contributed by atoms with E-state index in [1.165, 1.54) is 81.5 Å². The molecule has 0 amide bonds. The Morgan fingerprint density at radius 3 is 1.69 bits per heavy atom. The van der Waals surface area contributed by atoms with E-state index in [0.717, 1.165) is 61.3 Å². The minimum Gasteiger partial charge on any atom is -0.456 e. The molecular weight excluding hydrogens is 775 g/mol. The quantitative estimate of drug-likeness (QED) is 0.152. The van der Waals surface area contributed by atoms with E-state index in [4.69, 9.17) is 4.42 Å². The molecule has 12 rings (SSSR count). The van der Waals surface area contributed by atoms with Gasteiger partial charge in [-0.05, 0) is 104 Å². The van der Waals surface area contributed by atoms with E-state index < -0.39 is 0 Å². The van der Waals surface area contributed by atoms with Crippen molar-refractivity contribution >= 4 is 60.5 Å². The number of anilines is 3. The lowest BCUT2D eigenvalue weighted by atomic mass is 9.80. The lowest BCUT2D eigenvalue weighted by Gasteiger charge is -2.32. The Balaban J connectivity index is 1.18. The standard InChI is InChI=1S/C62H47NO/c1-3-19-43(20-4-1)49-40-39-46(48-31-15-24-42-23-7-8-27-47(42)48)41-58(49)63(57-36-13-10-29-52(57)54-34-18-38-60-62(54)55-30-11-14-37-59(55)64-60)56-35-12-9-28-51(56)53-33-17-26-45-25-16-32-50(61(45)53)44-21-5-2-6-22-44/h1,3-4,7-20,23-41,44H,2,5-6,21-22H2. The normalized spacial score (nSPS) is 13.2. The average Bonchev–Trinajstić information content (AvgIpc) is 3.76. The fourth-order valence-electron chi connectivity index (χ4n) is 10.8. The van der Waals surface area contributed by atoms with Crippen molar-refractivity contribution in [1.29, 1.82) is 0 Å². The number of hydrogen-bond acceptors (Lipinski definition) is 2. The Hall–Kier alpha value is -7.68. The third-order valence-electron chi connectivity index (χ3n) is 13.7. The van der Waals surface area contributed by atoms with Gasteiger partial charge in [0.25, 0.3) is 0 Å². The molecule has 10 aromatic carbocycles. The number of furan rings is 1. The van der Waals surface area contributed by atoms with Gasteiger partial charge in [0.15, 0.2) is 0 Å². The van der Waals surface area contributed by atoms with Crippen LogP contribution in [0.4, 0.5) is 17.1 Å². The zero-order chi connectivity index (χ0) is 42.4. The number of nitrogens with zero attached hydrogens (tertiary/aromatic N) is 1. The van der Waals surface area contributed by atoms with E-state index in [9.17, 15) is 0 Å². The number of para-hydroxylation sites is 3. The number of benzene rings is 10. The molecule has 11 aromatic rings. The molecule has 0 spiro atoms. The van der Waals surface area contributed by atoms with Crippen LogP contribution in [0.1, 0.15) is 43.6 Å². The van der Waals surface area contributed by atoms with Gasteiger partial charge in [-0.2, -0.15) is 0 Å². The van der Waals surface area contributed by atoms with Crippen LogP contribution in [0.25, 0.3) is 88.0 Å². The van der Waals surface area contributed by atoms with E-state index in [2.05, 4.69) is 223 Å². The molecule has 0 aliphatic heterocycles. The van der Waals surface area contributed by atoms with Crippen LogP contribution in [0.5, 0.6) is 0 Å². The van der Waals surface area contributed by atoms with Gasteiger partial charge in [-0.1, -0.05) is 207 Å². The highest BCUT2D eigenvalue weighted by Crippen LogP contribution is 2.51. The lowest BCUT2D eigenvalue weighted by Crippen LogP contribution is -2.14. The highest BCUT2D eigenvalue weighted by molar-refractivity contribution is 6.14. The monoisotopic (exact) mass is 821 g/mol. The predicted molar refractivity (Wildman–Crippen MR) is 271 cm³/mol. The summed E-state index contributed by atoms with van der Waals surface area (Å²) in [5, 5.41) is 7.37. The SMILES string of the molecule is c1ccc(-c2ccc(-c3cccc4ccccc34)cc2N(c2ccccc2-c2cccc3cccc(C4CCCCC4)c23)c2ccccc2-c2cccc3oc4ccccc4c23)cc1. The maximum Gasteiger partial charge on any atom is 0.136 e. The summed E-state index contributed by atoms with van der Waals surface area (Å²) in [6, 6.07) is 80.3. The van der Waals surface area contributed by atoms with E-state index in [1.807, 2.05) is 0 Å². The molecule has 0 N–H and O–H groups in total. The molecule has 1 heterocycles. The first-order valence-corrected chi connectivity index (χ1v) is 22.9. The van der Waals surface area contributed by atoms with Crippen molar-refractivity contribution in [3.8, 4) is 44.5 Å². The van der Waals surface area contributed by atoms with Gasteiger partial charge in [-0.3, -0.25) is 0 Å². The van der Waals surface area contributed by atoms with Gasteiger partial charge in [0.1, 0.15) is 11.2 Å². The fraction of sp³-hybridized carbons (Fsp3) is 0.0968. The first-order chi connectivity index (χ1) is 31.8. The molecule has 0 saturated heterocycles. The molecular formula is C62H47NO. The average molecular weight is 822 g/mol. The van der Waals surface area contributed by atoms with Crippen LogP contribution < -0.4 is 4.90 Å². The number of rotatable bonds is 8. The van der Waals surface area contributed by atoms with E-state index in [1.54, 1.807) is 0 Å². The van der Waals surface area contributed by atoms with Gasteiger partial charge in [0, 0.05) is 27.5 Å². The first kappa shape index (κ1) is 38.0. The van der Waals surface area contributed by atoms with E-state index >= 15 is 0 Å². The second kappa shape index (κ2) is 16.2. The fourth-order valence-corrected chi connectivity index (χ4v) is 10.8. The Morgan fingerprint density at radius 1 is 0.344 bits per heavy atom. The summed E-state index contributed by atoms with van der Waals surface area (Å²) in [5.41, 5.74) is 16.0. The zero-order valence-corrected chi connectivity index (χ0v) is 35.8. The van der Waals surface area contributed by atoms with Crippen LogP contribution in [0, 0.1) is 0 Å². The molecule has 1 aliphatic carbocycles. The van der Waals surface area contributed by atoms with Crippen molar-refractivity contribution in [3.63, 3.8) is 0 Å². The maximum absolute atomic E-state index is 6.53. The number of fused-ring (bicyclic) bond motifs is 5. The summed E-state index contributed by atoms with van der Waals surface area (Å²) < 4.78 is 6.53. The highest BCUT2D eigenvalue weighted by Gasteiger charge is 2.27. The molecule has 2 heteroatoms. The molecule has 1 fully saturated rings. The second-order valence-electron chi connectivity index (χ2n) is 17.4. The topological polar surface area (TPSA) is 16.4 Å². The molecule has 0 unspecified atom stereocenters. The van der Waals surface area contributed by atoms with Crippen molar-refractivity contribution in [3.05, 3.63) is 224 Å². The Bertz CT molecular complexity index is 3490. The van der Waals surface area contributed by atoms with Gasteiger partial charge >= 0.3 is 0 Å². The van der Waals surface area contributed by atoms with Crippen LogP contribution in [-0.4, -0.2) is 0 Å². The Kier molecular flexibility index (Phi) is 9.64. The van der Waals surface area contributed by atoms with Crippen molar-refractivity contribution in [2.75, 3.05) is 4.90 Å². The van der Waals surface area contributed by atoms with Crippen LogP contribution in [0.2, 0.25) is 0 Å². The molecule has 1 aromatic heterocycles. The molecule has 0 bridgehead atoms. The third kappa shape index (κ3) is 6.57. The molecule has 1 aliphatic rings. The Labute approximate surface area is 374 Å². The van der Waals surface area contributed by atoms with Crippen LogP contribution in [0.15, 0.2) is 223 Å². The van der Waals surface area contributed by atoms with Gasteiger partial charge in [0.05, 0.1) is 17.1 Å². The summed E-state index contributed by atoms with van der Waals surface area (Å²) in [7, 11) is 0. The Morgan fingerprint density at radius 2 is 0.906 bits per heavy atom.